The zero-order valence-electron chi connectivity index (χ0n) is 40.6. The van der Waals surface area contributed by atoms with Gasteiger partial charge in [-0.2, -0.15) is 16.8 Å². The lowest BCUT2D eigenvalue weighted by Gasteiger charge is -2.36. The lowest BCUT2D eigenvalue weighted by atomic mass is 9.80. The van der Waals surface area contributed by atoms with Crippen molar-refractivity contribution in [3.8, 4) is 11.5 Å². The normalized spacial score (nSPS) is 12.1. The van der Waals surface area contributed by atoms with Gasteiger partial charge in [0.2, 0.25) is 0 Å². The molecule has 4 rings (SSSR count). The van der Waals surface area contributed by atoms with E-state index in [4.69, 9.17) is 14.2 Å². The summed E-state index contributed by atoms with van der Waals surface area (Å²) in [6.07, 6.45) is 22.2. The van der Waals surface area contributed by atoms with E-state index in [0.717, 1.165) is 52.3 Å². The van der Waals surface area contributed by atoms with Gasteiger partial charge in [-0.3, -0.25) is 9.11 Å². The summed E-state index contributed by atoms with van der Waals surface area (Å²) in [7, 11) is -8.12. The van der Waals surface area contributed by atoms with E-state index in [9.17, 15) is 25.9 Å². The van der Waals surface area contributed by atoms with Crippen molar-refractivity contribution < 1.29 is 40.2 Å². The van der Waals surface area contributed by atoms with Crippen LogP contribution in [0, 0.1) is 0 Å². The minimum Gasteiger partial charge on any atom is -0.494 e. The zero-order valence-corrected chi connectivity index (χ0v) is 42.3. The molecule has 0 amide bonds. The Kier molecular flexibility index (Phi) is 26.0. The Balaban J connectivity index is 1.51. The Hall–Kier alpha value is -3.94. The highest BCUT2D eigenvalue weighted by atomic mass is 32.2. The van der Waals surface area contributed by atoms with Gasteiger partial charge < -0.3 is 19.1 Å². The van der Waals surface area contributed by atoms with Gasteiger partial charge in [-0.05, 0) is 104 Å². The van der Waals surface area contributed by atoms with Crippen LogP contribution in [0.1, 0.15) is 165 Å². The van der Waals surface area contributed by atoms with Crippen LogP contribution in [0.4, 0.5) is 5.69 Å². The molecule has 372 valence electrons. The molecule has 67 heavy (non-hydrogen) atoms. The van der Waals surface area contributed by atoms with Crippen LogP contribution < -0.4 is 14.4 Å². The van der Waals surface area contributed by atoms with Crippen molar-refractivity contribution in [2.24, 2.45) is 0 Å². The monoisotopic (exact) mass is 964 g/mol. The highest BCUT2D eigenvalue weighted by molar-refractivity contribution is 7.86. The molecule has 0 aliphatic heterocycles. The molecule has 0 spiro atoms. The van der Waals surface area contributed by atoms with Gasteiger partial charge in [-0.15, -0.1) is 0 Å². The first kappa shape index (κ1) is 55.7. The smallest absolute Gasteiger partial charge is 0.264 e. The van der Waals surface area contributed by atoms with E-state index in [1.165, 1.54) is 89.9 Å². The molecule has 0 aliphatic rings. The van der Waals surface area contributed by atoms with Crippen LogP contribution >= 0.6 is 0 Å². The van der Waals surface area contributed by atoms with Crippen molar-refractivity contribution >= 4 is 25.9 Å². The fraction of sp³-hybridized carbons (Fsp3) is 0.564. The quantitative estimate of drug-likeness (QED) is 0.0253. The second-order valence-electron chi connectivity index (χ2n) is 18.0. The molecule has 0 aliphatic carbocycles. The topological polar surface area (TPSA) is 140 Å². The molecule has 0 atom stereocenters. The summed E-state index contributed by atoms with van der Waals surface area (Å²) in [5, 5.41) is 0. The maximum atomic E-state index is 11.3. The van der Waals surface area contributed by atoms with Crippen LogP contribution in [0.15, 0.2) is 103 Å². The van der Waals surface area contributed by atoms with Crippen molar-refractivity contribution in [3.05, 3.63) is 125 Å². The number of benzene rings is 4. The molecule has 0 saturated heterocycles. The standard InChI is InChI=1S/C55H81NO9S2/c1-3-5-7-9-11-13-15-22-43-63-53-36-30-50(31-37-53)55(49-26-18-17-19-27-49,51-32-38-54(39-33-51)64-44-23-16-14-12-10-8-6-4-2)65-45-40-48-28-34-52(35-29-48)56(41-20-24-46-66(57,58)59)42-21-25-47-67(60,61)62/h17-19,26-39H,3-16,20-25,40-47H2,1-2H3,(H,57,58,59)(H,60,61,62). The lowest BCUT2D eigenvalue weighted by Crippen LogP contribution is -2.33. The Morgan fingerprint density at radius 1 is 0.448 bits per heavy atom. The summed E-state index contributed by atoms with van der Waals surface area (Å²) in [5.74, 6) is 1.04. The van der Waals surface area contributed by atoms with Crippen molar-refractivity contribution in [2.45, 2.75) is 154 Å². The third kappa shape index (κ3) is 21.9. The summed E-state index contributed by atoms with van der Waals surface area (Å²) in [6, 6.07) is 35.2. The fourth-order valence-corrected chi connectivity index (χ4v) is 9.72. The molecule has 0 unspecified atom stereocenters. The van der Waals surface area contributed by atoms with Gasteiger partial charge in [0.1, 0.15) is 17.1 Å². The highest BCUT2D eigenvalue weighted by Gasteiger charge is 2.38. The van der Waals surface area contributed by atoms with Crippen LogP contribution in [0.25, 0.3) is 0 Å². The fourth-order valence-electron chi connectivity index (χ4n) is 8.59. The first-order chi connectivity index (χ1) is 32.4. The molecule has 10 nitrogen and oxygen atoms in total. The molecular formula is C55H81NO9S2. The SMILES string of the molecule is CCCCCCCCCCOc1ccc(C(OCCc2ccc(N(CCCCS(=O)(=O)O)CCCCS(=O)(=O)O)cc2)(c2ccccc2)c2ccc(OCCCCCCCCCC)cc2)cc1. The second kappa shape index (κ2) is 31.2. The average Bonchev–Trinajstić information content (AvgIpc) is 3.32. The number of rotatable bonds is 38. The van der Waals surface area contributed by atoms with Gasteiger partial charge in [-0.1, -0.05) is 170 Å². The third-order valence-corrected chi connectivity index (χ3v) is 14.0. The van der Waals surface area contributed by atoms with Gasteiger partial charge in [0, 0.05) is 18.8 Å². The molecule has 4 aromatic carbocycles. The first-order valence-electron chi connectivity index (χ1n) is 25.3. The molecule has 0 radical (unpaired) electrons. The van der Waals surface area contributed by atoms with Gasteiger partial charge in [0.05, 0.1) is 31.3 Å². The van der Waals surface area contributed by atoms with E-state index in [0.29, 0.717) is 65.0 Å². The largest absolute Gasteiger partial charge is 0.494 e. The van der Waals surface area contributed by atoms with Crippen molar-refractivity contribution in [2.75, 3.05) is 49.3 Å². The van der Waals surface area contributed by atoms with E-state index in [1.54, 1.807) is 0 Å². The van der Waals surface area contributed by atoms with Crippen molar-refractivity contribution in [1.82, 2.24) is 0 Å². The van der Waals surface area contributed by atoms with Gasteiger partial charge in [-0.25, -0.2) is 0 Å². The highest BCUT2D eigenvalue weighted by Crippen LogP contribution is 2.42. The summed E-state index contributed by atoms with van der Waals surface area (Å²) in [6.45, 7) is 7.33. The molecule has 0 fully saturated rings. The minimum atomic E-state index is -4.06. The van der Waals surface area contributed by atoms with Gasteiger partial charge in [0.15, 0.2) is 0 Å². The molecule has 2 N–H and O–H groups in total. The Morgan fingerprint density at radius 2 is 0.851 bits per heavy atom. The summed E-state index contributed by atoms with van der Waals surface area (Å²) >= 11 is 0. The van der Waals surface area contributed by atoms with Crippen molar-refractivity contribution in [3.63, 3.8) is 0 Å². The lowest BCUT2D eigenvalue weighted by molar-refractivity contribution is 0.0147. The van der Waals surface area contributed by atoms with Crippen LogP contribution in [0.2, 0.25) is 0 Å². The van der Waals surface area contributed by atoms with Crippen molar-refractivity contribution in [1.29, 1.82) is 0 Å². The molecular weight excluding hydrogens is 883 g/mol. The van der Waals surface area contributed by atoms with E-state index < -0.39 is 25.8 Å². The number of ether oxygens (including phenoxy) is 3. The maximum Gasteiger partial charge on any atom is 0.264 e. The minimum absolute atomic E-state index is 0.295. The predicted octanol–water partition coefficient (Wildman–Crippen LogP) is 13.4. The average molecular weight is 964 g/mol. The summed E-state index contributed by atoms with van der Waals surface area (Å²) in [4.78, 5) is 2.08. The number of hydrogen-bond acceptors (Lipinski definition) is 8. The second-order valence-corrected chi connectivity index (χ2v) is 21.1. The zero-order chi connectivity index (χ0) is 48.1. The van der Waals surface area contributed by atoms with Gasteiger partial charge in [0.25, 0.3) is 20.2 Å². The third-order valence-electron chi connectivity index (χ3n) is 12.4. The van der Waals surface area contributed by atoms with Crippen LogP contribution in [0.5, 0.6) is 11.5 Å². The number of unbranched alkanes of at least 4 members (excludes halogenated alkanes) is 16. The Morgan fingerprint density at radius 3 is 1.27 bits per heavy atom. The van der Waals surface area contributed by atoms with E-state index in [1.807, 2.05) is 30.3 Å². The maximum absolute atomic E-state index is 11.3. The molecule has 4 aromatic rings. The van der Waals surface area contributed by atoms with Crippen LogP contribution in [-0.2, 0) is 37.0 Å². The van der Waals surface area contributed by atoms with Crippen LogP contribution in [0.3, 0.4) is 0 Å². The Labute approximate surface area is 404 Å². The van der Waals surface area contributed by atoms with E-state index in [-0.39, 0.29) is 11.5 Å². The van der Waals surface area contributed by atoms with Gasteiger partial charge >= 0.3 is 0 Å². The molecule has 0 saturated carbocycles. The number of nitrogens with zero attached hydrogens (tertiary/aromatic N) is 1. The number of hydrogen-bond donors (Lipinski definition) is 2. The van der Waals surface area contributed by atoms with Crippen LogP contribution in [-0.4, -0.2) is 70.4 Å². The summed E-state index contributed by atoms with van der Waals surface area (Å²) < 4.78 is 83.5. The predicted molar refractivity (Wildman–Crippen MR) is 275 cm³/mol. The van der Waals surface area contributed by atoms with E-state index >= 15 is 0 Å². The first-order valence-corrected chi connectivity index (χ1v) is 28.6. The summed E-state index contributed by atoms with van der Waals surface area (Å²) in [5.41, 5.74) is 4.01. The molecule has 12 heteroatoms. The molecule has 0 aromatic heterocycles. The Bertz CT molecular complexity index is 2010. The molecule has 0 bridgehead atoms. The van der Waals surface area contributed by atoms with E-state index in [2.05, 4.69) is 91.5 Å². The number of anilines is 1. The molecule has 0 heterocycles.